The van der Waals surface area contributed by atoms with Crippen LogP contribution in [0, 0.1) is 6.92 Å². The van der Waals surface area contributed by atoms with Gasteiger partial charge in [0.1, 0.15) is 5.75 Å². The van der Waals surface area contributed by atoms with Crippen molar-refractivity contribution < 1.29 is 19.4 Å². The lowest BCUT2D eigenvalue weighted by Crippen LogP contribution is -2.15. The molecular weight excluding hydrogens is 272 g/mol. The molecule has 0 saturated heterocycles. The molecule has 0 bridgehead atoms. The molecule has 21 heavy (non-hydrogen) atoms. The minimum atomic E-state index is -1.14. The van der Waals surface area contributed by atoms with Crippen molar-refractivity contribution in [1.82, 2.24) is 4.98 Å². The molecule has 1 aromatic carbocycles. The van der Waals surface area contributed by atoms with Gasteiger partial charge in [0.2, 0.25) is 0 Å². The van der Waals surface area contributed by atoms with Gasteiger partial charge >= 0.3 is 5.97 Å². The van der Waals surface area contributed by atoms with Crippen molar-refractivity contribution in [1.29, 1.82) is 0 Å². The second kappa shape index (κ2) is 6.04. The predicted octanol–water partition coefficient (Wildman–Crippen LogP) is 2.35. The van der Waals surface area contributed by atoms with Crippen LogP contribution in [0.2, 0.25) is 0 Å². The van der Waals surface area contributed by atoms with E-state index in [4.69, 9.17) is 4.74 Å². The van der Waals surface area contributed by atoms with Crippen LogP contribution in [0.1, 0.15) is 26.4 Å². The standard InChI is InChI=1S/C15H14N2O4/c1-9-7-10(5-6-16-9)14(18)17-13-4-3-11(21-2)8-12(13)15(19)20/h3-8H,1-2H3,(H,17,18)(H,19,20). The third kappa shape index (κ3) is 3.36. The van der Waals surface area contributed by atoms with E-state index in [0.717, 1.165) is 0 Å². The lowest BCUT2D eigenvalue weighted by atomic mass is 10.1. The van der Waals surface area contributed by atoms with E-state index in [1.54, 1.807) is 25.1 Å². The lowest BCUT2D eigenvalue weighted by molar-refractivity contribution is 0.0697. The number of carboxylic acids is 1. The fraction of sp³-hybridized carbons (Fsp3) is 0.133. The van der Waals surface area contributed by atoms with Gasteiger partial charge in [-0.2, -0.15) is 0 Å². The first kappa shape index (κ1) is 14.5. The maximum absolute atomic E-state index is 12.1. The molecule has 2 rings (SSSR count). The molecule has 108 valence electrons. The van der Waals surface area contributed by atoms with E-state index in [-0.39, 0.29) is 11.3 Å². The molecule has 0 aliphatic heterocycles. The summed E-state index contributed by atoms with van der Waals surface area (Å²) in [6, 6.07) is 7.62. The molecule has 0 unspecified atom stereocenters. The highest BCUT2D eigenvalue weighted by molar-refractivity contribution is 6.07. The van der Waals surface area contributed by atoms with Gasteiger partial charge in [0.25, 0.3) is 5.91 Å². The van der Waals surface area contributed by atoms with E-state index in [2.05, 4.69) is 10.3 Å². The molecule has 2 N–H and O–H groups in total. The molecular formula is C15H14N2O4. The molecule has 6 heteroatoms. The number of ether oxygens (including phenoxy) is 1. The molecule has 0 fully saturated rings. The summed E-state index contributed by atoms with van der Waals surface area (Å²) < 4.78 is 4.98. The van der Waals surface area contributed by atoms with Gasteiger partial charge in [0, 0.05) is 17.5 Å². The fourth-order valence-corrected chi connectivity index (χ4v) is 1.82. The van der Waals surface area contributed by atoms with Crippen molar-refractivity contribution in [2.75, 3.05) is 12.4 Å². The second-order valence-corrected chi connectivity index (χ2v) is 4.36. The number of hydrogen-bond acceptors (Lipinski definition) is 4. The monoisotopic (exact) mass is 286 g/mol. The normalized spacial score (nSPS) is 10.0. The molecule has 0 atom stereocenters. The van der Waals surface area contributed by atoms with E-state index in [0.29, 0.717) is 17.0 Å². The minimum Gasteiger partial charge on any atom is -0.497 e. The summed E-state index contributed by atoms with van der Waals surface area (Å²) in [4.78, 5) is 27.4. The van der Waals surface area contributed by atoms with Crippen molar-refractivity contribution in [3.05, 3.63) is 53.3 Å². The Morgan fingerprint density at radius 3 is 2.62 bits per heavy atom. The largest absolute Gasteiger partial charge is 0.497 e. The van der Waals surface area contributed by atoms with Crippen LogP contribution >= 0.6 is 0 Å². The second-order valence-electron chi connectivity index (χ2n) is 4.36. The Labute approximate surface area is 121 Å². The third-order valence-electron chi connectivity index (χ3n) is 2.86. The zero-order valence-corrected chi connectivity index (χ0v) is 11.6. The number of benzene rings is 1. The number of carbonyl (C=O) groups is 2. The van der Waals surface area contributed by atoms with E-state index in [1.807, 2.05) is 0 Å². The van der Waals surface area contributed by atoms with E-state index < -0.39 is 11.9 Å². The number of amides is 1. The quantitative estimate of drug-likeness (QED) is 0.900. The van der Waals surface area contributed by atoms with Crippen molar-refractivity contribution in [2.45, 2.75) is 6.92 Å². The van der Waals surface area contributed by atoms with Crippen LogP contribution in [-0.2, 0) is 0 Å². The summed E-state index contributed by atoms with van der Waals surface area (Å²) in [5.74, 6) is -1.13. The van der Waals surface area contributed by atoms with E-state index >= 15 is 0 Å². The zero-order chi connectivity index (χ0) is 15.4. The Kier molecular flexibility index (Phi) is 4.18. The fourth-order valence-electron chi connectivity index (χ4n) is 1.82. The molecule has 0 aliphatic rings. The van der Waals surface area contributed by atoms with Crippen molar-refractivity contribution in [3.63, 3.8) is 0 Å². The van der Waals surface area contributed by atoms with Crippen LogP contribution in [0.4, 0.5) is 5.69 Å². The number of rotatable bonds is 4. The maximum atomic E-state index is 12.1. The minimum absolute atomic E-state index is 0.0338. The molecule has 1 amide bonds. The van der Waals surface area contributed by atoms with Gasteiger partial charge in [0.05, 0.1) is 18.4 Å². The Hall–Kier alpha value is -2.89. The molecule has 2 aromatic rings. The SMILES string of the molecule is COc1ccc(NC(=O)c2ccnc(C)c2)c(C(=O)O)c1. The predicted molar refractivity (Wildman–Crippen MR) is 76.9 cm³/mol. The smallest absolute Gasteiger partial charge is 0.337 e. The van der Waals surface area contributed by atoms with Crippen molar-refractivity contribution in [3.8, 4) is 5.75 Å². The molecule has 0 radical (unpaired) electrons. The van der Waals surface area contributed by atoms with Gasteiger partial charge in [-0.1, -0.05) is 0 Å². The summed E-state index contributed by atoms with van der Waals surface area (Å²) in [7, 11) is 1.44. The molecule has 1 aromatic heterocycles. The topological polar surface area (TPSA) is 88.5 Å². The number of hydrogen-bond donors (Lipinski definition) is 2. The first-order valence-corrected chi connectivity index (χ1v) is 6.16. The van der Waals surface area contributed by atoms with Gasteiger partial charge in [-0.15, -0.1) is 0 Å². The molecule has 0 spiro atoms. The number of methoxy groups -OCH3 is 1. The number of nitrogens with zero attached hydrogens (tertiary/aromatic N) is 1. The van der Waals surface area contributed by atoms with Crippen LogP contribution in [-0.4, -0.2) is 29.1 Å². The Bertz CT molecular complexity index is 698. The molecule has 0 aliphatic carbocycles. The summed E-state index contributed by atoms with van der Waals surface area (Å²) >= 11 is 0. The number of aromatic carboxylic acids is 1. The van der Waals surface area contributed by atoms with Gasteiger partial charge < -0.3 is 15.2 Å². The molecule has 0 saturated carbocycles. The summed E-state index contributed by atoms with van der Waals surface area (Å²) in [6.45, 7) is 1.77. The summed E-state index contributed by atoms with van der Waals surface area (Å²) in [6.07, 6.45) is 1.52. The highest BCUT2D eigenvalue weighted by Gasteiger charge is 2.15. The first-order valence-electron chi connectivity index (χ1n) is 6.16. The number of carbonyl (C=O) groups excluding carboxylic acids is 1. The van der Waals surface area contributed by atoms with Crippen molar-refractivity contribution >= 4 is 17.6 Å². The van der Waals surface area contributed by atoms with Crippen LogP contribution in [0.3, 0.4) is 0 Å². The summed E-state index contributed by atoms with van der Waals surface area (Å²) in [5, 5.41) is 11.8. The maximum Gasteiger partial charge on any atom is 0.337 e. The lowest BCUT2D eigenvalue weighted by Gasteiger charge is -2.10. The summed E-state index contributed by atoms with van der Waals surface area (Å²) in [5.41, 5.74) is 1.29. The highest BCUT2D eigenvalue weighted by Crippen LogP contribution is 2.22. The number of aromatic nitrogens is 1. The highest BCUT2D eigenvalue weighted by atomic mass is 16.5. The Morgan fingerprint density at radius 2 is 2.00 bits per heavy atom. The van der Waals surface area contributed by atoms with Gasteiger partial charge in [-0.3, -0.25) is 9.78 Å². The average Bonchev–Trinajstić information content (AvgIpc) is 2.47. The number of carboxylic acid groups (broad SMARTS) is 1. The van der Waals surface area contributed by atoms with Gasteiger partial charge in [-0.05, 0) is 37.3 Å². The zero-order valence-electron chi connectivity index (χ0n) is 11.6. The van der Waals surface area contributed by atoms with Gasteiger partial charge in [-0.25, -0.2) is 4.79 Å². The van der Waals surface area contributed by atoms with Crippen LogP contribution in [0.15, 0.2) is 36.5 Å². The first-order chi connectivity index (χ1) is 10.0. The van der Waals surface area contributed by atoms with E-state index in [1.165, 1.54) is 25.4 Å². The number of aryl methyl sites for hydroxylation is 1. The van der Waals surface area contributed by atoms with Crippen molar-refractivity contribution in [2.24, 2.45) is 0 Å². The molecule has 1 heterocycles. The third-order valence-corrected chi connectivity index (χ3v) is 2.86. The van der Waals surface area contributed by atoms with Gasteiger partial charge in [0.15, 0.2) is 0 Å². The average molecular weight is 286 g/mol. The van der Waals surface area contributed by atoms with Crippen LogP contribution in [0.25, 0.3) is 0 Å². The van der Waals surface area contributed by atoms with Crippen LogP contribution < -0.4 is 10.1 Å². The Balaban J connectivity index is 2.31. The Morgan fingerprint density at radius 1 is 1.24 bits per heavy atom. The van der Waals surface area contributed by atoms with E-state index in [9.17, 15) is 14.7 Å². The number of pyridine rings is 1. The van der Waals surface area contributed by atoms with Crippen LogP contribution in [0.5, 0.6) is 5.75 Å². The number of anilines is 1. The number of nitrogens with one attached hydrogen (secondary N) is 1. The molecule has 6 nitrogen and oxygen atoms in total.